The number of aromatic amines is 1. The van der Waals surface area contributed by atoms with Crippen molar-refractivity contribution in [2.24, 2.45) is 5.92 Å². The molecular weight excluding hydrogens is 376 g/mol. The molecule has 7 heteroatoms. The van der Waals surface area contributed by atoms with Crippen LogP contribution in [-0.4, -0.2) is 38.3 Å². The second kappa shape index (κ2) is 7.95. The number of piperidine rings is 1. The van der Waals surface area contributed by atoms with Crippen molar-refractivity contribution in [3.63, 3.8) is 0 Å². The predicted molar refractivity (Wildman–Crippen MR) is 118 cm³/mol. The molecule has 0 aliphatic carbocycles. The van der Waals surface area contributed by atoms with Gasteiger partial charge in [0.05, 0.1) is 24.2 Å². The first-order valence-electron chi connectivity index (χ1n) is 11.1. The number of benzene rings is 1. The molecule has 1 aromatic carbocycles. The Hall–Kier alpha value is -2.54. The van der Waals surface area contributed by atoms with Crippen LogP contribution in [0.15, 0.2) is 29.1 Å². The van der Waals surface area contributed by atoms with Gasteiger partial charge in [-0.1, -0.05) is 25.5 Å². The molecule has 2 N–H and O–H groups in total. The molecule has 0 saturated carbocycles. The van der Waals surface area contributed by atoms with Crippen molar-refractivity contribution in [1.82, 2.24) is 25.2 Å². The number of rotatable bonds is 5. The molecule has 160 valence electrons. The fourth-order valence-corrected chi connectivity index (χ4v) is 4.48. The minimum absolute atomic E-state index is 0.0497. The zero-order valence-corrected chi connectivity index (χ0v) is 18.7. The van der Waals surface area contributed by atoms with Gasteiger partial charge in [0.1, 0.15) is 0 Å². The minimum Gasteiger partial charge on any atom is -0.322 e. The normalized spacial score (nSPS) is 21.1. The van der Waals surface area contributed by atoms with Crippen LogP contribution in [0.25, 0.3) is 10.9 Å². The van der Waals surface area contributed by atoms with E-state index in [1.165, 1.54) is 10.5 Å². The third kappa shape index (κ3) is 3.78. The maximum Gasteiger partial charge on any atom is 0.258 e. The average molecular weight is 410 g/mol. The molecule has 3 aromatic rings. The van der Waals surface area contributed by atoms with Crippen LogP contribution < -0.4 is 10.5 Å². The molecule has 1 fully saturated rings. The van der Waals surface area contributed by atoms with Crippen molar-refractivity contribution in [3.8, 4) is 0 Å². The van der Waals surface area contributed by atoms with Gasteiger partial charge in [0, 0.05) is 5.52 Å². The number of aromatic nitrogens is 5. The standard InChI is InChI=1S/C23H32N6O/c1-6-23(4,5)29-21(25-26-27-29)20(28-11-9-15(2)10-12-28)18-14-17-13-16(3)7-8-19(17)24-22(18)30/h7-8,13-15,20H,6,9-12H2,1-5H3,(H,24,30)/p+1/t20-/m0/s1. The van der Waals surface area contributed by atoms with Crippen molar-refractivity contribution in [2.45, 2.75) is 65.5 Å². The highest BCUT2D eigenvalue weighted by molar-refractivity contribution is 5.79. The van der Waals surface area contributed by atoms with Crippen molar-refractivity contribution < 1.29 is 4.90 Å². The summed E-state index contributed by atoms with van der Waals surface area (Å²) in [4.78, 5) is 17.7. The van der Waals surface area contributed by atoms with Crippen LogP contribution in [0, 0.1) is 12.8 Å². The fourth-order valence-electron chi connectivity index (χ4n) is 4.48. The molecule has 4 rings (SSSR count). The first-order chi connectivity index (χ1) is 14.3. The molecule has 0 amide bonds. The number of tetrazole rings is 1. The number of hydrogen-bond acceptors (Lipinski definition) is 4. The molecule has 0 bridgehead atoms. The van der Waals surface area contributed by atoms with Gasteiger partial charge in [-0.25, -0.2) is 4.68 Å². The Balaban J connectivity index is 1.89. The molecule has 1 aliphatic heterocycles. The third-order valence-corrected chi connectivity index (χ3v) is 6.85. The van der Waals surface area contributed by atoms with E-state index in [1.807, 2.05) is 16.8 Å². The molecule has 3 heterocycles. The lowest BCUT2D eigenvalue weighted by atomic mass is 9.94. The summed E-state index contributed by atoms with van der Waals surface area (Å²) in [7, 11) is 0. The molecule has 30 heavy (non-hydrogen) atoms. The molecule has 1 saturated heterocycles. The van der Waals surface area contributed by atoms with E-state index >= 15 is 0 Å². The predicted octanol–water partition coefficient (Wildman–Crippen LogP) is 2.37. The van der Waals surface area contributed by atoms with Crippen LogP contribution in [0.1, 0.15) is 70.0 Å². The average Bonchev–Trinajstić information content (AvgIpc) is 3.21. The zero-order chi connectivity index (χ0) is 21.5. The van der Waals surface area contributed by atoms with Gasteiger partial charge in [-0.2, -0.15) is 0 Å². The van der Waals surface area contributed by atoms with Crippen LogP contribution >= 0.6 is 0 Å². The molecule has 0 spiro atoms. The van der Waals surface area contributed by atoms with E-state index in [0.717, 1.165) is 60.6 Å². The fraction of sp³-hybridized carbons (Fsp3) is 0.565. The highest BCUT2D eigenvalue weighted by atomic mass is 16.1. The summed E-state index contributed by atoms with van der Waals surface area (Å²) in [5, 5.41) is 13.9. The first-order valence-corrected chi connectivity index (χ1v) is 11.1. The number of pyridine rings is 1. The Bertz CT molecular complexity index is 1090. The Morgan fingerprint density at radius 3 is 2.70 bits per heavy atom. The lowest BCUT2D eigenvalue weighted by Gasteiger charge is -2.34. The van der Waals surface area contributed by atoms with Crippen LogP contribution in [0.2, 0.25) is 0 Å². The van der Waals surface area contributed by atoms with Gasteiger partial charge in [0.2, 0.25) is 5.82 Å². The summed E-state index contributed by atoms with van der Waals surface area (Å²) in [5.74, 6) is 1.50. The number of likely N-dealkylation sites (tertiary alicyclic amines) is 1. The van der Waals surface area contributed by atoms with E-state index in [4.69, 9.17) is 0 Å². The van der Waals surface area contributed by atoms with Gasteiger partial charge < -0.3 is 9.88 Å². The highest BCUT2D eigenvalue weighted by Gasteiger charge is 2.38. The summed E-state index contributed by atoms with van der Waals surface area (Å²) in [6.45, 7) is 12.8. The molecule has 0 unspecified atom stereocenters. The second-order valence-corrected chi connectivity index (χ2v) is 9.53. The number of hydrogen-bond donors (Lipinski definition) is 2. The van der Waals surface area contributed by atoms with Crippen molar-refractivity contribution in [1.29, 1.82) is 0 Å². The first kappa shape index (κ1) is 20.7. The van der Waals surface area contributed by atoms with E-state index < -0.39 is 0 Å². The number of quaternary nitrogens is 1. The van der Waals surface area contributed by atoms with E-state index in [2.05, 4.69) is 67.3 Å². The van der Waals surface area contributed by atoms with Crippen molar-refractivity contribution in [3.05, 3.63) is 51.6 Å². The quantitative estimate of drug-likeness (QED) is 0.678. The highest BCUT2D eigenvalue weighted by Crippen LogP contribution is 2.25. The Labute approximate surface area is 177 Å². The summed E-state index contributed by atoms with van der Waals surface area (Å²) < 4.78 is 1.93. The van der Waals surface area contributed by atoms with E-state index in [9.17, 15) is 4.79 Å². The lowest BCUT2D eigenvalue weighted by Crippen LogP contribution is -3.13. The van der Waals surface area contributed by atoms with Crippen LogP contribution in [0.3, 0.4) is 0 Å². The van der Waals surface area contributed by atoms with Gasteiger partial charge in [-0.3, -0.25) is 4.79 Å². The van der Waals surface area contributed by atoms with Crippen LogP contribution in [-0.2, 0) is 5.54 Å². The SMILES string of the molecule is CCC(C)(C)n1nnnc1[C@H](c1cc2cc(C)ccc2[nH]c1=O)[NH+]1CCC(C)CC1. The molecule has 1 aliphatic rings. The van der Waals surface area contributed by atoms with Gasteiger partial charge in [-0.05, 0) is 80.0 Å². The maximum atomic E-state index is 13.2. The summed E-state index contributed by atoms with van der Waals surface area (Å²) in [5.41, 5.74) is 2.52. The number of nitrogens with zero attached hydrogens (tertiary/aromatic N) is 4. The lowest BCUT2D eigenvalue weighted by molar-refractivity contribution is -0.932. The van der Waals surface area contributed by atoms with Gasteiger partial charge in [-0.15, -0.1) is 5.10 Å². The van der Waals surface area contributed by atoms with E-state index in [1.54, 1.807) is 0 Å². The monoisotopic (exact) mass is 409 g/mol. The van der Waals surface area contributed by atoms with Gasteiger partial charge in [0.15, 0.2) is 6.04 Å². The number of aryl methyl sites for hydroxylation is 1. The van der Waals surface area contributed by atoms with Gasteiger partial charge in [0.25, 0.3) is 5.56 Å². The van der Waals surface area contributed by atoms with E-state index in [0.29, 0.717) is 0 Å². The van der Waals surface area contributed by atoms with E-state index in [-0.39, 0.29) is 17.1 Å². The summed E-state index contributed by atoms with van der Waals surface area (Å²) in [6, 6.07) is 7.99. The topological polar surface area (TPSA) is 80.9 Å². The Morgan fingerprint density at radius 2 is 2.00 bits per heavy atom. The Kier molecular flexibility index (Phi) is 5.49. The number of nitrogens with one attached hydrogen (secondary N) is 2. The van der Waals surface area contributed by atoms with Crippen molar-refractivity contribution >= 4 is 10.9 Å². The molecule has 7 nitrogen and oxygen atoms in total. The molecular formula is C23H33N6O+. The largest absolute Gasteiger partial charge is 0.322 e. The summed E-state index contributed by atoms with van der Waals surface area (Å²) >= 11 is 0. The Morgan fingerprint density at radius 1 is 1.27 bits per heavy atom. The zero-order valence-electron chi connectivity index (χ0n) is 18.7. The number of fused-ring (bicyclic) bond motifs is 1. The van der Waals surface area contributed by atoms with Crippen LogP contribution in [0.5, 0.6) is 0 Å². The second-order valence-electron chi connectivity index (χ2n) is 9.53. The van der Waals surface area contributed by atoms with Crippen LogP contribution in [0.4, 0.5) is 0 Å². The van der Waals surface area contributed by atoms with Gasteiger partial charge >= 0.3 is 0 Å². The minimum atomic E-state index is -0.222. The molecule has 1 atom stereocenters. The molecule has 2 aromatic heterocycles. The number of H-pyrrole nitrogens is 1. The third-order valence-electron chi connectivity index (χ3n) is 6.85. The summed E-state index contributed by atoms with van der Waals surface area (Å²) in [6.07, 6.45) is 3.20. The smallest absolute Gasteiger partial charge is 0.258 e. The molecule has 0 radical (unpaired) electrons. The maximum absolute atomic E-state index is 13.2. The van der Waals surface area contributed by atoms with Crippen molar-refractivity contribution in [2.75, 3.05) is 13.1 Å².